The fourth-order valence-electron chi connectivity index (χ4n) is 2.33. The molecule has 1 heterocycles. The molecule has 0 aliphatic carbocycles. The first-order valence-electron chi connectivity index (χ1n) is 8.42. The number of hydrogen-bond acceptors (Lipinski definition) is 2. The quantitative estimate of drug-likeness (QED) is 0.243. The van der Waals surface area contributed by atoms with Crippen molar-refractivity contribution in [2.75, 3.05) is 40.8 Å². The number of aromatic nitrogens is 1. The van der Waals surface area contributed by atoms with Crippen molar-refractivity contribution in [1.82, 2.24) is 20.1 Å². The molecule has 0 saturated heterocycles. The molecule has 134 valence electrons. The zero-order valence-electron chi connectivity index (χ0n) is 14.9. The predicted octanol–water partition coefficient (Wildman–Crippen LogP) is 2.78. The molecule has 6 heteroatoms. The lowest BCUT2D eigenvalue weighted by Gasteiger charge is -2.12. The van der Waals surface area contributed by atoms with Crippen LogP contribution in [-0.4, -0.2) is 56.2 Å². The van der Waals surface area contributed by atoms with Gasteiger partial charge in [0.2, 0.25) is 0 Å². The Morgan fingerprint density at radius 2 is 1.57 bits per heavy atom. The van der Waals surface area contributed by atoms with Crippen LogP contribution in [0.5, 0.6) is 0 Å². The Hall–Kier alpha value is -0.760. The Kier molecular flexibility index (Phi) is 14.3. The highest BCUT2D eigenvalue weighted by Crippen LogP contribution is 2.02. The summed E-state index contributed by atoms with van der Waals surface area (Å²) in [5, 5.41) is 6.72. The van der Waals surface area contributed by atoms with E-state index in [2.05, 4.69) is 51.6 Å². The Morgan fingerprint density at radius 3 is 2.22 bits per heavy atom. The predicted molar refractivity (Wildman–Crippen MR) is 111 cm³/mol. The van der Waals surface area contributed by atoms with Crippen LogP contribution in [0, 0.1) is 0 Å². The summed E-state index contributed by atoms with van der Waals surface area (Å²) < 4.78 is 2.16. The van der Waals surface area contributed by atoms with Crippen molar-refractivity contribution < 1.29 is 0 Å². The molecule has 0 aromatic carbocycles. The van der Waals surface area contributed by atoms with Gasteiger partial charge in [-0.1, -0.05) is 19.3 Å². The smallest absolute Gasteiger partial charge is 0.191 e. The van der Waals surface area contributed by atoms with E-state index in [1.807, 2.05) is 19.2 Å². The molecular formula is C17H34IN5. The minimum Gasteiger partial charge on any atom is -0.356 e. The monoisotopic (exact) mass is 435 g/mol. The second-order valence-electron chi connectivity index (χ2n) is 5.92. The third-order valence-electron chi connectivity index (χ3n) is 3.63. The maximum atomic E-state index is 4.25. The average molecular weight is 435 g/mol. The summed E-state index contributed by atoms with van der Waals surface area (Å²) in [6, 6.07) is 4.09. The van der Waals surface area contributed by atoms with Gasteiger partial charge in [-0.05, 0) is 45.6 Å². The summed E-state index contributed by atoms with van der Waals surface area (Å²) in [6.45, 7) is 4.05. The van der Waals surface area contributed by atoms with E-state index in [-0.39, 0.29) is 24.0 Å². The van der Waals surface area contributed by atoms with Crippen LogP contribution in [0.2, 0.25) is 0 Å². The third-order valence-corrected chi connectivity index (χ3v) is 3.63. The summed E-state index contributed by atoms with van der Waals surface area (Å²) in [5.41, 5.74) is 0. The summed E-state index contributed by atoms with van der Waals surface area (Å²) in [6.07, 6.45) is 10.6. The number of unbranched alkanes of at least 4 members (excludes halogenated alkanes) is 4. The zero-order chi connectivity index (χ0) is 16.0. The molecular weight excluding hydrogens is 401 g/mol. The largest absolute Gasteiger partial charge is 0.356 e. The Labute approximate surface area is 158 Å². The minimum atomic E-state index is 0. The molecule has 0 amide bonds. The lowest BCUT2D eigenvalue weighted by molar-refractivity contribution is 0.389. The van der Waals surface area contributed by atoms with Gasteiger partial charge in [-0.2, -0.15) is 0 Å². The number of aliphatic imine (C=N–C) groups is 1. The van der Waals surface area contributed by atoms with Crippen LogP contribution in [0.1, 0.15) is 32.1 Å². The molecule has 0 fully saturated rings. The molecule has 0 radical (unpaired) electrons. The van der Waals surface area contributed by atoms with E-state index in [9.17, 15) is 0 Å². The van der Waals surface area contributed by atoms with Crippen molar-refractivity contribution in [3.63, 3.8) is 0 Å². The van der Waals surface area contributed by atoms with E-state index in [1.165, 1.54) is 38.6 Å². The number of halogens is 1. The first kappa shape index (κ1) is 22.2. The van der Waals surface area contributed by atoms with E-state index in [0.717, 1.165) is 25.6 Å². The molecule has 1 aromatic rings. The fraction of sp³-hybridized carbons (Fsp3) is 0.706. The van der Waals surface area contributed by atoms with Crippen molar-refractivity contribution >= 4 is 29.9 Å². The molecule has 23 heavy (non-hydrogen) atoms. The fourth-order valence-corrected chi connectivity index (χ4v) is 2.33. The molecule has 5 nitrogen and oxygen atoms in total. The van der Waals surface area contributed by atoms with Gasteiger partial charge in [-0.25, -0.2) is 0 Å². The topological polar surface area (TPSA) is 44.6 Å². The van der Waals surface area contributed by atoms with Gasteiger partial charge >= 0.3 is 0 Å². The highest BCUT2D eigenvalue weighted by Gasteiger charge is 1.97. The normalized spacial score (nSPS) is 11.4. The maximum Gasteiger partial charge on any atom is 0.191 e. The van der Waals surface area contributed by atoms with Gasteiger partial charge in [-0.15, -0.1) is 24.0 Å². The summed E-state index contributed by atoms with van der Waals surface area (Å²) in [5.74, 6) is 0.903. The highest BCUT2D eigenvalue weighted by atomic mass is 127. The first-order valence-corrected chi connectivity index (χ1v) is 8.42. The van der Waals surface area contributed by atoms with Gasteiger partial charge < -0.3 is 20.1 Å². The van der Waals surface area contributed by atoms with Gasteiger partial charge in [0.05, 0.1) is 0 Å². The third kappa shape index (κ3) is 12.3. The van der Waals surface area contributed by atoms with Crippen LogP contribution in [0.3, 0.4) is 0 Å². The van der Waals surface area contributed by atoms with Gasteiger partial charge in [0, 0.05) is 39.1 Å². The zero-order valence-corrected chi connectivity index (χ0v) is 17.3. The van der Waals surface area contributed by atoms with E-state index >= 15 is 0 Å². The SMILES string of the molecule is CN=C(NCCCCCCCN(C)C)NCCn1cccc1.I. The van der Waals surface area contributed by atoms with E-state index < -0.39 is 0 Å². The first-order chi connectivity index (χ1) is 10.7. The van der Waals surface area contributed by atoms with Crippen molar-refractivity contribution in [3.05, 3.63) is 24.5 Å². The van der Waals surface area contributed by atoms with Crippen LogP contribution in [0.25, 0.3) is 0 Å². The molecule has 2 N–H and O–H groups in total. The lowest BCUT2D eigenvalue weighted by Crippen LogP contribution is -2.39. The lowest BCUT2D eigenvalue weighted by atomic mass is 10.1. The molecule has 0 saturated carbocycles. The highest BCUT2D eigenvalue weighted by molar-refractivity contribution is 14.0. The Bertz CT molecular complexity index is 390. The molecule has 0 bridgehead atoms. The van der Waals surface area contributed by atoms with Gasteiger partial charge in [0.25, 0.3) is 0 Å². The summed E-state index contributed by atoms with van der Waals surface area (Å²) in [4.78, 5) is 6.51. The van der Waals surface area contributed by atoms with Gasteiger partial charge in [-0.3, -0.25) is 4.99 Å². The summed E-state index contributed by atoms with van der Waals surface area (Å²) >= 11 is 0. The Balaban J connectivity index is 0.00000484. The molecule has 0 aliphatic rings. The molecule has 0 aliphatic heterocycles. The van der Waals surface area contributed by atoms with E-state index in [4.69, 9.17) is 0 Å². The van der Waals surface area contributed by atoms with Crippen LogP contribution in [0.4, 0.5) is 0 Å². The van der Waals surface area contributed by atoms with Gasteiger partial charge in [0.15, 0.2) is 5.96 Å². The number of hydrogen-bond donors (Lipinski definition) is 2. The van der Waals surface area contributed by atoms with Crippen LogP contribution in [-0.2, 0) is 6.54 Å². The maximum absolute atomic E-state index is 4.25. The number of nitrogens with one attached hydrogen (secondary N) is 2. The summed E-state index contributed by atoms with van der Waals surface area (Å²) in [7, 11) is 6.10. The molecule has 0 unspecified atom stereocenters. The van der Waals surface area contributed by atoms with Crippen molar-refractivity contribution in [2.45, 2.75) is 38.6 Å². The molecule has 0 atom stereocenters. The standard InChI is InChI=1S/C17H33N5.HI/c1-18-17(20-12-16-22-14-9-10-15-22)19-11-7-5-4-6-8-13-21(2)3;/h9-10,14-15H,4-8,11-13,16H2,1-3H3,(H2,18,19,20);1H. The van der Waals surface area contributed by atoms with Crippen LogP contribution < -0.4 is 10.6 Å². The number of rotatable bonds is 11. The molecule has 0 spiro atoms. The number of nitrogens with zero attached hydrogens (tertiary/aromatic N) is 3. The van der Waals surface area contributed by atoms with Crippen LogP contribution >= 0.6 is 24.0 Å². The molecule has 1 aromatic heterocycles. The van der Waals surface area contributed by atoms with Crippen molar-refractivity contribution in [3.8, 4) is 0 Å². The van der Waals surface area contributed by atoms with Crippen LogP contribution in [0.15, 0.2) is 29.5 Å². The van der Waals surface area contributed by atoms with E-state index in [1.54, 1.807) is 0 Å². The van der Waals surface area contributed by atoms with Crippen molar-refractivity contribution in [1.29, 1.82) is 0 Å². The second-order valence-corrected chi connectivity index (χ2v) is 5.92. The van der Waals surface area contributed by atoms with Crippen molar-refractivity contribution in [2.24, 2.45) is 4.99 Å². The molecule has 1 rings (SSSR count). The second kappa shape index (κ2) is 14.8. The minimum absolute atomic E-state index is 0. The number of guanidine groups is 1. The van der Waals surface area contributed by atoms with E-state index in [0.29, 0.717) is 0 Å². The average Bonchev–Trinajstić information content (AvgIpc) is 3.01. The van der Waals surface area contributed by atoms with Gasteiger partial charge in [0.1, 0.15) is 0 Å². The Morgan fingerprint density at radius 1 is 0.957 bits per heavy atom.